The second-order valence-electron chi connectivity index (χ2n) is 6.02. The number of rotatable bonds is 5. The highest BCUT2D eigenvalue weighted by Gasteiger charge is 2.25. The molecule has 0 aromatic heterocycles. The van der Waals surface area contributed by atoms with E-state index in [0.717, 1.165) is 51.9 Å². The molecule has 0 aromatic carbocycles. The fourth-order valence-corrected chi connectivity index (χ4v) is 3.08. The molecule has 19 heavy (non-hydrogen) atoms. The zero-order valence-corrected chi connectivity index (χ0v) is 12.3. The predicted octanol–water partition coefficient (Wildman–Crippen LogP) is 1.37. The van der Waals surface area contributed by atoms with Crippen molar-refractivity contribution in [3.63, 3.8) is 0 Å². The highest BCUT2D eigenvalue weighted by molar-refractivity contribution is 5.79. The number of nitrogens with zero attached hydrogens (tertiary/aromatic N) is 1. The first-order chi connectivity index (χ1) is 9.29. The maximum absolute atomic E-state index is 12.2. The molecule has 0 radical (unpaired) electrons. The van der Waals surface area contributed by atoms with E-state index in [1.807, 2.05) is 0 Å². The summed E-state index contributed by atoms with van der Waals surface area (Å²) < 4.78 is 0. The average Bonchev–Trinajstić information content (AvgIpc) is 2.47. The molecule has 2 aliphatic heterocycles. The van der Waals surface area contributed by atoms with Gasteiger partial charge in [-0.1, -0.05) is 13.3 Å². The van der Waals surface area contributed by atoms with E-state index >= 15 is 0 Å². The summed E-state index contributed by atoms with van der Waals surface area (Å²) in [7, 11) is 0. The molecule has 110 valence electrons. The van der Waals surface area contributed by atoms with E-state index < -0.39 is 0 Å². The molecule has 4 nitrogen and oxygen atoms in total. The largest absolute Gasteiger partial charge is 0.353 e. The van der Waals surface area contributed by atoms with Gasteiger partial charge in [-0.2, -0.15) is 0 Å². The van der Waals surface area contributed by atoms with Gasteiger partial charge in [0.15, 0.2) is 0 Å². The van der Waals surface area contributed by atoms with Crippen LogP contribution in [0.4, 0.5) is 0 Å². The van der Waals surface area contributed by atoms with Crippen LogP contribution in [0.1, 0.15) is 45.4 Å². The lowest BCUT2D eigenvalue weighted by Crippen LogP contribution is -2.48. The molecular formula is C15H29N3O. The van der Waals surface area contributed by atoms with E-state index in [1.54, 1.807) is 0 Å². The van der Waals surface area contributed by atoms with Gasteiger partial charge in [-0.25, -0.2) is 0 Å². The first-order valence-corrected chi connectivity index (χ1v) is 8.03. The van der Waals surface area contributed by atoms with Crippen molar-refractivity contribution in [2.24, 2.45) is 5.92 Å². The van der Waals surface area contributed by atoms with Crippen molar-refractivity contribution in [2.75, 3.05) is 32.7 Å². The molecule has 0 aromatic rings. The fourth-order valence-electron chi connectivity index (χ4n) is 3.08. The Morgan fingerprint density at radius 2 is 2.11 bits per heavy atom. The minimum atomic E-state index is 0.201. The maximum Gasteiger partial charge on any atom is 0.224 e. The Morgan fingerprint density at radius 3 is 2.74 bits per heavy atom. The molecule has 0 saturated carbocycles. The molecule has 4 heteroatoms. The molecule has 0 aliphatic carbocycles. The van der Waals surface area contributed by atoms with Crippen LogP contribution in [0.3, 0.4) is 0 Å². The van der Waals surface area contributed by atoms with E-state index in [2.05, 4.69) is 22.5 Å². The summed E-state index contributed by atoms with van der Waals surface area (Å²) in [6.45, 7) is 7.69. The summed E-state index contributed by atoms with van der Waals surface area (Å²) in [5, 5.41) is 6.57. The van der Waals surface area contributed by atoms with Gasteiger partial charge in [-0.15, -0.1) is 0 Å². The zero-order valence-electron chi connectivity index (χ0n) is 12.3. The molecule has 2 aliphatic rings. The van der Waals surface area contributed by atoms with Gasteiger partial charge in [-0.3, -0.25) is 4.79 Å². The number of hydrogen-bond donors (Lipinski definition) is 2. The topological polar surface area (TPSA) is 44.4 Å². The second kappa shape index (κ2) is 7.85. The number of carbonyl (C=O) groups is 1. The monoisotopic (exact) mass is 267 g/mol. The molecule has 1 atom stereocenters. The van der Waals surface area contributed by atoms with Gasteiger partial charge in [0.25, 0.3) is 0 Å². The molecule has 0 unspecified atom stereocenters. The van der Waals surface area contributed by atoms with Crippen molar-refractivity contribution >= 4 is 5.91 Å². The van der Waals surface area contributed by atoms with Crippen LogP contribution in [0.15, 0.2) is 0 Å². The van der Waals surface area contributed by atoms with Crippen LogP contribution in [-0.2, 0) is 4.79 Å². The first-order valence-electron chi connectivity index (χ1n) is 8.03. The van der Waals surface area contributed by atoms with Gasteiger partial charge in [0, 0.05) is 25.7 Å². The van der Waals surface area contributed by atoms with Gasteiger partial charge >= 0.3 is 0 Å². The van der Waals surface area contributed by atoms with Crippen LogP contribution in [0, 0.1) is 5.92 Å². The third kappa shape index (κ3) is 4.77. The van der Waals surface area contributed by atoms with Gasteiger partial charge in [0.05, 0.1) is 5.92 Å². The average molecular weight is 267 g/mol. The first kappa shape index (κ1) is 14.8. The number of likely N-dealkylation sites (tertiary alicyclic amines) is 1. The number of nitrogens with one attached hydrogen (secondary N) is 2. The van der Waals surface area contributed by atoms with Gasteiger partial charge < -0.3 is 15.5 Å². The predicted molar refractivity (Wildman–Crippen MR) is 78.1 cm³/mol. The van der Waals surface area contributed by atoms with Crippen molar-refractivity contribution in [3.8, 4) is 0 Å². The third-order valence-electron chi connectivity index (χ3n) is 4.43. The maximum atomic E-state index is 12.2. The van der Waals surface area contributed by atoms with E-state index in [4.69, 9.17) is 0 Å². The van der Waals surface area contributed by atoms with Crippen LogP contribution in [0.25, 0.3) is 0 Å². The number of hydrogen-bond acceptors (Lipinski definition) is 3. The van der Waals surface area contributed by atoms with Crippen molar-refractivity contribution in [1.29, 1.82) is 0 Å². The van der Waals surface area contributed by atoms with Crippen LogP contribution in [0.5, 0.6) is 0 Å². The normalized spacial score (nSPS) is 26.3. The van der Waals surface area contributed by atoms with Crippen LogP contribution in [0.2, 0.25) is 0 Å². The van der Waals surface area contributed by atoms with E-state index in [9.17, 15) is 4.79 Å². The van der Waals surface area contributed by atoms with Crippen LogP contribution >= 0.6 is 0 Å². The highest BCUT2D eigenvalue weighted by atomic mass is 16.2. The Kier molecular flexibility index (Phi) is 6.11. The SMILES string of the molecule is CCCCN1CCC(NC(=O)[C@H]2CCCNC2)CC1. The standard InChI is InChI=1S/C15H29N3O/c1-2-3-9-18-10-6-14(7-11-18)17-15(19)13-5-4-8-16-12-13/h13-14,16H,2-12H2,1H3,(H,17,19)/t13-/m0/s1. The highest BCUT2D eigenvalue weighted by Crippen LogP contribution is 2.14. The Labute approximate surface area is 117 Å². The van der Waals surface area contributed by atoms with Gasteiger partial charge in [-0.05, 0) is 45.2 Å². The summed E-state index contributed by atoms with van der Waals surface area (Å²) >= 11 is 0. The minimum absolute atomic E-state index is 0.201. The van der Waals surface area contributed by atoms with Gasteiger partial charge in [0.2, 0.25) is 5.91 Å². The second-order valence-corrected chi connectivity index (χ2v) is 6.02. The smallest absolute Gasteiger partial charge is 0.224 e. The molecule has 2 heterocycles. The summed E-state index contributed by atoms with van der Waals surface area (Å²) in [5.41, 5.74) is 0. The van der Waals surface area contributed by atoms with E-state index in [1.165, 1.54) is 19.4 Å². The third-order valence-corrected chi connectivity index (χ3v) is 4.43. The van der Waals surface area contributed by atoms with Crippen LogP contribution in [-0.4, -0.2) is 49.6 Å². The number of amides is 1. The number of carbonyl (C=O) groups excluding carboxylic acids is 1. The Hall–Kier alpha value is -0.610. The summed E-state index contributed by atoms with van der Waals surface area (Å²) in [5.74, 6) is 0.478. The minimum Gasteiger partial charge on any atom is -0.353 e. The quantitative estimate of drug-likeness (QED) is 0.791. The Bertz CT molecular complexity index is 269. The summed E-state index contributed by atoms with van der Waals surface area (Å²) in [6, 6.07) is 0.410. The molecule has 0 bridgehead atoms. The molecular weight excluding hydrogens is 238 g/mol. The summed E-state index contributed by atoms with van der Waals surface area (Å²) in [4.78, 5) is 14.7. The molecule has 2 N–H and O–H groups in total. The molecule has 2 rings (SSSR count). The summed E-state index contributed by atoms with van der Waals surface area (Å²) in [6.07, 6.45) is 6.99. The van der Waals surface area contributed by atoms with Crippen molar-refractivity contribution in [3.05, 3.63) is 0 Å². The van der Waals surface area contributed by atoms with Crippen molar-refractivity contribution in [2.45, 2.75) is 51.5 Å². The lowest BCUT2D eigenvalue weighted by Gasteiger charge is -2.33. The lowest BCUT2D eigenvalue weighted by atomic mass is 9.97. The number of piperidine rings is 2. The fraction of sp³-hybridized carbons (Fsp3) is 0.933. The Morgan fingerprint density at radius 1 is 1.32 bits per heavy atom. The Balaban J connectivity index is 1.65. The van der Waals surface area contributed by atoms with E-state index in [0.29, 0.717) is 6.04 Å². The molecule has 1 amide bonds. The van der Waals surface area contributed by atoms with E-state index in [-0.39, 0.29) is 11.8 Å². The van der Waals surface area contributed by atoms with Crippen molar-refractivity contribution < 1.29 is 4.79 Å². The van der Waals surface area contributed by atoms with Crippen LogP contribution < -0.4 is 10.6 Å². The zero-order chi connectivity index (χ0) is 13.5. The van der Waals surface area contributed by atoms with Crippen molar-refractivity contribution in [1.82, 2.24) is 15.5 Å². The molecule has 2 fully saturated rings. The number of unbranched alkanes of at least 4 members (excludes halogenated alkanes) is 1. The molecule has 0 spiro atoms. The molecule has 2 saturated heterocycles. The lowest BCUT2D eigenvalue weighted by molar-refractivity contribution is -0.126. The van der Waals surface area contributed by atoms with Gasteiger partial charge in [0.1, 0.15) is 0 Å².